The molecule has 1 aliphatic rings. The zero-order valence-corrected chi connectivity index (χ0v) is 18.5. The van der Waals surface area contributed by atoms with E-state index in [1.54, 1.807) is 6.08 Å². The van der Waals surface area contributed by atoms with Crippen LogP contribution in [0.1, 0.15) is 16.7 Å². The van der Waals surface area contributed by atoms with Gasteiger partial charge in [0.25, 0.3) is 0 Å². The molecule has 0 bridgehead atoms. The van der Waals surface area contributed by atoms with Crippen LogP contribution in [0, 0.1) is 11.3 Å². The third kappa shape index (κ3) is 5.47. The van der Waals surface area contributed by atoms with Gasteiger partial charge in [-0.1, -0.05) is 98.1 Å². The van der Waals surface area contributed by atoms with Crippen molar-refractivity contribution in [3.63, 3.8) is 0 Å². The lowest BCUT2D eigenvalue weighted by atomic mass is 9.97. The highest BCUT2D eigenvalue weighted by Gasteiger charge is 2.10. The van der Waals surface area contributed by atoms with E-state index >= 15 is 0 Å². The lowest BCUT2D eigenvalue weighted by molar-refractivity contribution is 0.443. The second-order valence-corrected chi connectivity index (χ2v) is 7.83. The Kier molecular flexibility index (Phi) is 6.83. The fourth-order valence-corrected chi connectivity index (χ4v) is 3.74. The smallest absolute Gasteiger partial charge is 0.130 e. The number of nitriles is 1. The molecule has 0 fully saturated rings. The Morgan fingerprint density at radius 3 is 2.42 bits per heavy atom. The molecule has 4 rings (SSSR count). The second kappa shape index (κ2) is 10.3. The molecule has 0 unspecified atom stereocenters. The van der Waals surface area contributed by atoms with Crippen LogP contribution in [-0.2, 0) is 12.8 Å². The summed E-state index contributed by atoms with van der Waals surface area (Å²) in [6.07, 6.45) is 11.1. The van der Waals surface area contributed by atoms with Gasteiger partial charge in [-0.15, -0.1) is 0 Å². The molecule has 1 heterocycles. The molecule has 0 aromatic heterocycles. The molecule has 0 saturated carbocycles. The summed E-state index contributed by atoms with van der Waals surface area (Å²) in [5.74, 6) is 1.44. The van der Waals surface area contributed by atoms with Gasteiger partial charge in [0.2, 0.25) is 0 Å². The molecule has 1 aliphatic heterocycles. The molecule has 0 aliphatic carbocycles. The average molecular weight is 428 g/mol. The fourth-order valence-electron chi connectivity index (χ4n) is 3.74. The number of hydrogen-bond acceptors (Lipinski definition) is 2. The van der Waals surface area contributed by atoms with Crippen LogP contribution >= 0.6 is 0 Å². The summed E-state index contributed by atoms with van der Waals surface area (Å²) < 4.78 is 6.03. The number of hydrogen-bond donors (Lipinski definition) is 0. The highest BCUT2D eigenvalue weighted by molar-refractivity contribution is 5.75. The van der Waals surface area contributed by atoms with Crippen molar-refractivity contribution in [1.29, 1.82) is 5.26 Å². The van der Waals surface area contributed by atoms with Gasteiger partial charge in [0, 0.05) is 5.57 Å². The Balaban J connectivity index is 1.61. The zero-order valence-electron chi connectivity index (χ0n) is 18.5. The van der Waals surface area contributed by atoms with Gasteiger partial charge in [0.1, 0.15) is 11.5 Å². The lowest BCUT2D eigenvalue weighted by Crippen LogP contribution is -1.95. The van der Waals surface area contributed by atoms with E-state index in [2.05, 4.69) is 79.9 Å². The molecular weight excluding hydrogens is 402 g/mol. The minimum atomic E-state index is 0.593. The molecule has 160 valence electrons. The third-order valence-corrected chi connectivity index (χ3v) is 5.59. The van der Waals surface area contributed by atoms with Gasteiger partial charge in [-0.2, -0.15) is 5.26 Å². The third-order valence-electron chi connectivity index (χ3n) is 5.59. The molecule has 33 heavy (non-hydrogen) atoms. The summed E-state index contributed by atoms with van der Waals surface area (Å²) in [7, 11) is 0. The number of allylic oxidation sites excluding steroid dienone is 7. The predicted octanol–water partition coefficient (Wildman–Crippen LogP) is 7.62. The van der Waals surface area contributed by atoms with Crippen molar-refractivity contribution >= 4 is 5.57 Å². The number of fused-ring (bicyclic) bond motifs is 1. The van der Waals surface area contributed by atoms with E-state index in [0.717, 1.165) is 40.0 Å². The van der Waals surface area contributed by atoms with Crippen molar-refractivity contribution in [3.05, 3.63) is 144 Å². The number of rotatable bonds is 5. The number of benzene rings is 3. The predicted molar refractivity (Wildman–Crippen MR) is 137 cm³/mol. The van der Waals surface area contributed by atoms with Crippen LogP contribution < -0.4 is 4.74 Å². The van der Waals surface area contributed by atoms with E-state index in [-0.39, 0.29) is 0 Å². The van der Waals surface area contributed by atoms with E-state index in [0.29, 0.717) is 17.8 Å². The van der Waals surface area contributed by atoms with Crippen molar-refractivity contribution in [2.45, 2.75) is 12.8 Å². The maximum absolute atomic E-state index is 9.03. The Hall–Kier alpha value is -4.35. The zero-order chi connectivity index (χ0) is 23.0. The minimum absolute atomic E-state index is 0.593. The van der Waals surface area contributed by atoms with Crippen LogP contribution in [0.25, 0.3) is 16.7 Å². The first-order valence-corrected chi connectivity index (χ1v) is 10.9. The van der Waals surface area contributed by atoms with Gasteiger partial charge < -0.3 is 4.74 Å². The summed E-state index contributed by atoms with van der Waals surface area (Å²) in [5, 5.41) is 9.03. The van der Waals surface area contributed by atoms with Gasteiger partial charge in [0.05, 0.1) is 6.07 Å². The second-order valence-electron chi connectivity index (χ2n) is 7.83. The summed E-state index contributed by atoms with van der Waals surface area (Å²) >= 11 is 0. The maximum atomic E-state index is 9.03. The SMILES string of the molecule is C=C/C(C#N)=C\Cc1ccc(-c2ccc3c(c2)C/C=C(c2ccccc2)\C=C/C(=C)O3)cc1. The highest BCUT2D eigenvalue weighted by Crippen LogP contribution is 2.31. The molecule has 0 saturated heterocycles. The maximum Gasteiger partial charge on any atom is 0.130 e. The average Bonchev–Trinajstić information content (AvgIpc) is 2.94. The monoisotopic (exact) mass is 427 g/mol. The van der Waals surface area contributed by atoms with E-state index in [4.69, 9.17) is 10.00 Å². The van der Waals surface area contributed by atoms with Crippen molar-refractivity contribution in [1.82, 2.24) is 0 Å². The summed E-state index contributed by atoms with van der Waals surface area (Å²) in [6, 6.07) is 27.2. The van der Waals surface area contributed by atoms with Gasteiger partial charge in [0.15, 0.2) is 0 Å². The van der Waals surface area contributed by atoms with E-state index in [1.165, 1.54) is 5.56 Å². The Morgan fingerprint density at radius 2 is 1.70 bits per heavy atom. The van der Waals surface area contributed by atoms with E-state index in [1.807, 2.05) is 36.4 Å². The largest absolute Gasteiger partial charge is 0.458 e. The standard InChI is InChI=1S/C31H25NO/c1-3-24(22-32)10-11-25-12-15-28(16-13-25)29-19-20-31-30(21-29)18-17-27(14-9-23(2)33-31)26-7-5-4-6-8-26/h3-10,12-17,19-21H,1-2,11,18H2/b14-9-,24-10+,27-17+. The first-order chi connectivity index (χ1) is 16.2. The van der Waals surface area contributed by atoms with E-state index in [9.17, 15) is 0 Å². The number of nitrogens with zero attached hydrogens (tertiary/aromatic N) is 1. The molecule has 3 aromatic carbocycles. The Labute approximate surface area is 195 Å². The number of ether oxygens (including phenoxy) is 1. The van der Waals surface area contributed by atoms with Crippen LogP contribution in [0.3, 0.4) is 0 Å². The van der Waals surface area contributed by atoms with Gasteiger partial charge in [-0.25, -0.2) is 0 Å². The van der Waals surface area contributed by atoms with Gasteiger partial charge >= 0.3 is 0 Å². The van der Waals surface area contributed by atoms with Gasteiger partial charge in [-0.05, 0) is 64.4 Å². The molecule has 0 amide bonds. The molecule has 0 radical (unpaired) electrons. The van der Waals surface area contributed by atoms with Gasteiger partial charge in [-0.3, -0.25) is 0 Å². The summed E-state index contributed by atoms with van der Waals surface area (Å²) in [5.41, 5.74) is 7.44. The minimum Gasteiger partial charge on any atom is -0.458 e. The first-order valence-electron chi connectivity index (χ1n) is 10.9. The van der Waals surface area contributed by atoms with Crippen LogP contribution in [0.4, 0.5) is 0 Å². The highest BCUT2D eigenvalue weighted by atomic mass is 16.5. The van der Waals surface area contributed by atoms with Crippen LogP contribution in [-0.4, -0.2) is 0 Å². The summed E-state index contributed by atoms with van der Waals surface area (Å²) in [6.45, 7) is 7.71. The Morgan fingerprint density at radius 1 is 0.939 bits per heavy atom. The fraction of sp³-hybridized carbons (Fsp3) is 0.0645. The normalized spacial score (nSPS) is 16.0. The molecule has 3 aromatic rings. The van der Waals surface area contributed by atoms with Crippen molar-refractivity contribution in [2.24, 2.45) is 0 Å². The molecule has 0 spiro atoms. The Bertz CT molecular complexity index is 1300. The molecule has 0 N–H and O–H groups in total. The molecular formula is C31H25NO. The van der Waals surface area contributed by atoms with Crippen LogP contribution in [0.15, 0.2) is 128 Å². The summed E-state index contributed by atoms with van der Waals surface area (Å²) in [4.78, 5) is 0. The van der Waals surface area contributed by atoms with E-state index < -0.39 is 0 Å². The van der Waals surface area contributed by atoms with Crippen molar-refractivity contribution < 1.29 is 4.74 Å². The van der Waals surface area contributed by atoms with Crippen molar-refractivity contribution in [2.75, 3.05) is 0 Å². The first kappa shape index (κ1) is 21.9. The lowest BCUT2D eigenvalue weighted by Gasteiger charge is -2.12. The van der Waals surface area contributed by atoms with Crippen LogP contribution in [0.5, 0.6) is 5.75 Å². The topological polar surface area (TPSA) is 33.0 Å². The van der Waals surface area contributed by atoms with Crippen LogP contribution in [0.2, 0.25) is 0 Å². The molecule has 2 nitrogen and oxygen atoms in total. The van der Waals surface area contributed by atoms with Crippen molar-refractivity contribution in [3.8, 4) is 22.9 Å². The quantitative estimate of drug-likeness (QED) is 0.310. The molecule has 2 heteroatoms. The molecule has 0 atom stereocenters.